The second kappa shape index (κ2) is 7.48. The van der Waals surface area contributed by atoms with Crippen LogP contribution in [0.25, 0.3) is 0 Å². The van der Waals surface area contributed by atoms with Crippen LogP contribution >= 0.6 is 11.8 Å². The zero-order valence-electron chi connectivity index (χ0n) is 13.4. The van der Waals surface area contributed by atoms with Crippen molar-refractivity contribution >= 4 is 23.7 Å². The van der Waals surface area contributed by atoms with Gasteiger partial charge in [0, 0.05) is 19.5 Å². The lowest BCUT2D eigenvalue weighted by molar-refractivity contribution is -0.117. The molecule has 1 fully saturated rings. The largest absolute Gasteiger partial charge is 0.335 e. The molecular weight excluding hydrogens is 326 g/mol. The maximum Gasteiger partial charge on any atom is 0.321 e. The zero-order valence-corrected chi connectivity index (χ0v) is 14.2. The molecule has 0 unspecified atom stereocenters. The minimum atomic E-state index is -0.425. The first-order valence-electron chi connectivity index (χ1n) is 7.77. The van der Waals surface area contributed by atoms with Gasteiger partial charge in [-0.1, -0.05) is 42.1 Å². The first-order valence-corrected chi connectivity index (χ1v) is 8.75. The predicted molar refractivity (Wildman–Crippen MR) is 90.7 cm³/mol. The summed E-state index contributed by atoms with van der Waals surface area (Å²) in [5.74, 6) is 0.608. The summed E-state index contributed by atoms with van der Waals surface area (Å²) in [4.78, 5) is 23.3. The fourth-order valence-electron chi connectivity index (χ4n) is 2.15. The Morgan fingerprint density at radius 3 is 2.71 bits per heavy atom. The van der Waals surface area contributed by atoms with Crippen LogP contribution in [0.3, 0.4) is 0 Å². The van der Waals surface area contributed by atoms with Crippen molar-refractivity contribution in [2.24, 2.45) is 7.05 Å². The van der Waals surface area contributed by atoms with E-state index in [4.69, 9.17) is 0 Å². The number of amides is 3. The van der Waals surface area contributed by atoms with Crippen LogP contribution in [0.5, 0.6) is 0 Å². The van der Waals surface area contributed by atoms with Crippen molar-refractivity contribution in [3.63, 3.8) is 0 Å². The normalized spacial score (nSPS) is 13.5. The third-order valence-electron chi connectivity index (χ3n) is 3.63. The van der Waals surface area contributed by atoms with Crippen molar-refractivity contribution in [1.82, 2.24) is 25.4 Å². The van der Waals surface area contributed by atoms with Gasteiger partial charge in [-0.05, 0) is 18.4 Å². The molecule has 0 spiro atoms. The number of carbonyl (C=O) groups excluding carboxylic acids is 2. The van der Waals surface area contributed by atoms with Gasteiger partial charge < -0.3 is 9.88 Å². The molecule has 0 saturated heterocycles. The molecule has 0 radical (unpaired) electrons. The number of rotatable bonds is 6. The van der Waals surface area contributed by atoms with Gasteiger partial charge in [0.15, 0.2) is 5.16 Å². The first kappa shape index (κ1) is 16.5. The molecule has 1 aromatic carbocycles. The molecule has 2 N–H and O–H groups in total. The van der Waals surface area contributed by atoms with Gasteiger partial charge in [0.25, 0.3) is 0 Å². The number of aromatic nitrogens is 3. The number of imide groups is 1. The van der Waals surface area contributed by atoms with E-state index in [0.717, 1.165) is 24.2 Å². The second-order valence-electron chi connectivity index (χ2n) is 5.70. The molecule has 1 saturated carbocycles. The molecule has 2 aromatic rings. The molecule has 3 amide bonds. The number of nitrogens with zero attached hydrogens (tertiary/aromatic N) is 3. The molecule has 1 heterocycles. The Labute approximate surface area is 144 Å². The van der Waals surface area contributed by atoms with E-state index >= 15 is 0 Å². The summed E-state index contributed by atoms with van der Waals surface area (Å²) in [6, 6.07) is 9.81. The van der Waals surface area contributed by atoms with E-state index in [1.165, 1.54) is 11.8 Å². The van der Waals surface area contributed by atoms with E-state index in [2.05, 4.69) is 20.8 Å². The van der Waals surface area contributed by atoms with Crippen LogP contribution in [0.1, 0.15) is 24.2 Å². The predicted octanol–water partition coefficient (Wildman–Crippen LogP) is 1.49. The molecule has 0 aliphatic heterocycles. The van der Waals surface area contributed by atoms with Gasteiger partial charge >= 0.3 is 6.03 Å². The highest BCUT2D eigenvalue weighted by molar-refractivity contribution is 7.99. The maximum atomic E-state index is 11.8. The average Bonchev–Trinajstić information content (AvgIpc) is 3.31. The summed E-state index contributed by atoms with van der Waals surface area (Å²) in [6.07, 6.45) is 2.65. The third-order valence-corrected chi connectivity index (χ3v) is 4.65. The molecule has 0 bridgehead atoms. The van der Waals surface area contributed by atoms with Crippen molar-refractivity contribution in [2.45, 2.75) is 30.5 Å². The van der Waals surface area contributed by atoms with Crippen LogP contribution < -0.4 is 10.6 Å². The molecule has 0 atom stereocenters. The lowest BCUT2D eigenvalue weighted by Gasteiger charge is -2.06. The Kier molecular flexibility index (Phi) is 5.14. The van der Waals surface area contributed by atoms with Crippen LogP contribution in [-0.2, 0) is 18.3 Å². The summed E-state index contributed by atoms with van der Waals surface area (Å²) in [5, 5.41) is 14.0. The highest BCUT2D eigenvalue weighted by Crippen LogP contribution is 2.19. The van der Waals surface area contributed by atoms with Crippen molar-refractivity contribution < 1.29 is 9.59 Å². The Hall–Kier alpha value is -2.35. The molecule has 126 valence electrons. The number of hydrogen-bond acceptors (Lipinski definition) is 5. The second-order valence-corrected chi connectivity index (χ2v) is 6.65. The standard InChI is InChI=1S/C16H19N5O2S/c1-21-13(9-11-5-3-2-4-6-11)19-20-16(21)24-10-14(22)18-15(23)17-12-7-8-12/h2-6,12H,7-10H2,1H3,(H2,17,18,22,23). The Bertz CT molecular complexity index is 727. The zero-order chi connectivity index (χ0) is 16.9. The minimum Gasteiger partial charge on any atom is -0.335 e. The summed E-state index contributed by atoms with van der Waals surface area (Å²) >= 11 is 1.26. The molecule has 1 aromatic heterocycles. The fourth-order valence-corrected chi connectivity index (χ4v) is 2.88. The van der Waals surface area contributed by atoms with E-state index in [1.54, 1.807) is 0 Å². The lowest BCUT2D eigenvalue weighted by Crippen LogP contribution is -2.41. The number of urea groups is 1. The molecular formula is C16H19N5O2S. The SMILES string of the molecule is Cn1c(Cc2ccccc2)nnc1SCC(=O)NC(=O)NC1CC1. The van der Waals surface area contributed by atoms with Crippen LogP contribution in [0.2, 0.25) is 0 Å². The van der Waals surface area contributed by atoms with E-state index < -0.39 is 6.03 Å². The van der Waals surface area contributed by atoms with Gasteiger partial charge in [-0.2, -0.15) is 0 Å². The highest BCUT2D eigenvalue weighted by atomic mass is 32.2. The first-order chi connectivity index (χ1) is 11.6. The minimum absolute atomic E-state index is 0.120. The van der Waals surface area contributed by atoms with Crippen LogP contribution in [0.4, 0.5) is 4.79 Å². The number of thioether (sulfide) groups is 1. The Morgan fingerprint density at radius 2 is 2.00 bits per heavy atom. The summed E-state index contributed by atoms with van der Waals surface area (Å²) in [5.41, 5.74) is 1.15. The highest BCUT2D eigenvalue weighted by Gasteiger charge is 2.24. The quantitative estimate of drug-likeness (QED) is 0.774. The van der Waals surface area contributed by atoms with Gasteiger partial charge in [0.2, 0.25) is 5.91 Å². The van der Waals surface area contributed by atoms with Crippen LogP contribution in [0, 0.1) is 0 Å². The fraction of sp³-hybridized carbons (Fsp3) is 0.375. The van der Waals surface area contributed by atoms with E-state index in [1.807, 2.05) is 41.9 Å². The molecule has 1 aliphatic rings. The summed E-state index contributed by atoms with van der Waals surface area (Å²) in [6.45, 7) is 0. The molecule has 3 rings (SSSR count). The van der Waals surface area contributed by atoms with Gasteiger partial charge in [0.1, 0.15) is 5.82 Å². The van der Waals surface area contributed by atoms with Gasteiger partial charge in [-0.3, -0.25) is 10.1 Å². The Balaban J connectivity index is 1.50. The number of carbonyl (C=O) groups is 2. The molecule has 8 heteroatoms. The number of benzene rings is 1. The number of hydrogen-bond donors (Lipinski definition) is 2. The lowest BCUT2D eigenvalue weighted by atomic mass is 10.1. The van der Waals surface area contributed by atoms with Crippen LogP contribution in [-0.4, -0.2) is 38.5 Å². The molecule has 1 aliphatic carbocycles. The summed E-state index contributed by atoms with van der Waals surface area (Å²) in [7, 11) is 1.87. The third kappa shape index (κ3) is 4.58. The van der Waals surface area contributed by atoms with Crippen molar-refractivity contribution in [3.05, 3.63) is 41.7 Å². The number of nitrogens with one attached hydrogen (secondary N) is 2. The monoisotopic (exact) mass is 345 g/mol. The van der Waals surface area contributed by atoms with E-state index in [0.29, 0.717) is 11.6 Å². The van der Waals surface area contributed by atoms with E-state index in [-0.39, 0.29) is 17.7 Å². The van der Waals surface area contributed by atoms with E-state index in [9.17, 15) is 9.59 Å². The van der Waals surface area contributed by atoms with Crippen molar-refractivity contribution in [1.29, 1.82) is 0 Å². The summed E-state index contributed by atoms with van der Waals surface area (Å²) < 4.78 is 1.87. The van der Waals surface area contributed by atoms with Crippen molar-refractivity contribution in [2.75, 3.05) is 5.75 Å². The van der Waals surface area contributed by atoms with Gasteiger partial charge in [-0.25, -0.2) is 4.79 Å². The van der Waals surface area contributed by atoms with Gasteiger partial charge in [0.05, 0.1) is 5.75 Å². The topological polar surface area (TPSA) is 88.9 Å². The smallest absolute Gasteiger partial charge is 0.321 e. The maximum absolute atomic E-state index is 11.8. The average molecular weight is 345 g/mol. The molecule has 24 heavy (non-hydrogen) atoms. The van der Waals surface area contributed by atoms with Gasteiger partial charge in [-0.15, -0.1) is 10.2 Å². The Morgan fingerprint density at radius 1 is 1.25 bits per heavy atom. The van der Waals surface area contributed by atoms with Crippen molar-refractivity contribution in [3.8, 4) is 0 Å². The molecule has 7 nitrogen and oxygen atoms in total. The van der Waals surface area contributed by atoms with Crippen LogP contribution in [0.15, 0.2) is 35.5 Å².